The fourth-order valence-electron chi connectivity index (χ4n) is 3.67. The second-order valence-electron chi connectivity index (χ2n) is 6.48. The molecule has 2 aliphatic rings. The van der Waals surface area contributed by atoms with Gasteiger partial charge in [0.05, 0.1) is 0 Å². The molecule has 2 saturated heterocycles. The van der Waals surface area contributed by atoms with Gasteiger partial charge in [-0.3, -0.25) is 4.90 Å². The third kappa shape index (κ3) is 4.44. The zero-order valence-electron chi connectivity index (χ0n) is 13.2. The van der Waals surface area contributed by atoms with Gasteiger partial charge in [-0.1, -0.05) is 13.8 Å². The fourth-order valence-corrected chi connectivity index (χ4v) is 3.67. The Kier molecular flexibility index (Phi) is 6.11. The molecule has 3 heteroatoms. The maximum absolute atomic E-state index is 3.77. The van der Waals surface area contributed by atoms with Crippen molar-refractivity contribution in [1.82, 2.24) is 15.1 Å². The van der Waals surface area contributed by atoms with Crippen molar-refractivity contribution in [1.29, 1.82) is 0 Å². The van der Waals surface area contributed by atoms with Gasteiger partial charge < -0.3 is 10.2 Å². The molecule has 1 N–H and O–H groups in total. The molecule has 2 aliphatic heterocycles. The standard InChI is InChI=1S/C16H33N3/c1-4-15-9-12-19(11-8-14(3)17-15)16-7-6-10-18(5-2)13-16/h14-17H,4-13H2,1-3H3. The molecule has 0 aromatic rings. The van der Waals surface area contributed by atoms with E-state index >= 15 is 0 Å². The predicted molar refractivity (Wildman–Crippen MR) is 82.6 cm³/mol. The highest BCUT2D eigenvalue weighted by Gasteiger charge is 2.26. The molecule has 2 fully saturated rings. The summed E-state index contributed by atoms with van der Waals surface area (Å²) in [7, 11) is 0. The molecule has 0 spiro atoms. The molecule has 3 atom stereocenters. The average molecular weight is 267 g/mol. The lowest BCUT2D eigenvalue weighted by Crippen LogP contribution is -2.52. The molecule has 0 bridgehead atoms. The molecule has 19 heavy (non-hydrogen) atoms. The van der Waals surface area contributed by atoms with E-state index in [-0.39, 0.29) is 0 Å². The fraction of sp³-hybridized carbons (Fsp3) is 1.00. The van der Waals surface area contributed by atoms with Crippen LogP contribution in [0.2, 0.25) is 0 Å². The normalized spacial score (nSPS) is 35.8. The highest BCUT2D eigenvalue weighted by atomic mass is 15.2. The Bertz CT molecular complexity index is 256. The van der Waals surface area contributed by atoms with Crippen molar-refractivity contribution in [2.45, 2.75) is 71.0 Å². The van der Waals surface area contributed by atoms with Crippen LogP contribution in [0, 0.1) is 0 Å². The molecule has 0 radical (unpaired) electrons. The van der Waals surface area contributed by atoms with E-state index in [0.29, 0.717) is 6.04 Å². The third-order valence-electron chi connectivity index (χ3n) is 5.07. The van der Waals surface area contributed by atoms with Crippen molar-refractivity contribution < 1.29 is 0 Å². The number of likely N-dealkylation sites (N-methyl/N-ethyl adjacent to an activating group) is 1. The summed E-state index contributed by atoms with van der Waals surface area (Å²) in [6.45, 7) is 13.4. The Morgan fingerprint density at radius 3 is 2.58 bits per heavy atom. The smallest absolute Gasteiger partial charge is 0.0223 e. The zero-order chi connectivity index (χ0) is 13.7. The molecule has 0 aliphatic carbocycles. The predicted octanol–water partition coefficient (Wildman–Crippen LogP) is 2.32. The van der Waals surface area contributed by atoms with Crippen molar-refractivity contribution in [2.75, 3.05) is 32.7 Å². The third-order valence-corrected chi connectivity index (χ3v) is 5.07. The maximum Gasteiger partial charge on any atom is 0.0223 e. The number of nitrogens with one attached hydrogen (secondary N) is 1. The number of likely N-dealkylation sites (tertiary alicyclic amines) is 1. The molecule has 3 unspecified atom stereocenters. The van der Waals surface area contributed by atoms with Crippen LogP contribution in [0.25, 0.3) is 0 Å². The van der Waals surface area contributed by atoms with E-state index in [1.807, 2.05) is 0 Å². The molecular weight excluding hydrogens is 234 g/mol. The largest absolute Gasteiger partial charge is 0.311 e. The second kappa shape index (κ2) is 7.61. The van der Waals surface area contributed by atoms with E-state index in [0.717, 1.165) is 12.1 Å². The van der Waals surface area contributed by atoms with Crippen LogP contribution in [0.4, 0.5) is 0 Å². The molecule has 0 saturated carbocycles. The number of nitrogens with zero attached hydrogens (tertiary/aromatic N) is 2. The van der Waals surface area contributed by atoms with Gasteiger partial charge in [-0.25, -0.2) is 0 Å². The molecule has 0 amide bonds. The van der Waals surface area contributed by atoms with Crippen LogP contribution >= 0.6 is 0 Å². The molecule has 3 nitrogen and oxygen atoms in total. The summed E-state index contributed by atoms with van der Waals surface area (Å²) in [4.78, 5) is 5.42. The molecule has 2 heterocycles. The topological polar surface area (TPSA) is 18.5 Å². The molecular formula is C16H33N3. The lowest BCUT2D eigenvalue weighted by atomic mass is 10.00. The van der Waals surface area contributed by atoms with E-state index in [9.17, 15) is 0 Å². The summed E-state index contributed by atoms with van der Waals surface area (Å²) >= 11 is 0. The number of rotatable bonds is 3. The van der Waals surface area contributed by atoms with Crippen LogP contribution in [0.1, 0.15) is 52.9 Å². The number of hydrogen-bond donors (Lipinski definition) is 1. The van der Waals surface area contributed by atoms with Gasteiger partial charge >= 0.3 is 0 Å². The maximum atomic E-state index is 3.77. The van der Waals surface area contributed by atoms with Crippen molar-refractivity contribution in [3.63, 3.8) is 0 Å². The first-order valence-corrected chi connectivity index (χ1v) is 8.45. The summed E-state index contributed by atoms with van der Waals surface area (Å²) < 4.78 is 0. The Balaban J connectivity index is 1.90. The Hall–Kier alpha value is -0.120. The summed E-state index contributed by atoms with van der Waals surface area (Å²) in [6, 6.07) is 2.22. The van der Waals surface area contributed by atoms with Crippen LogP contribution in [-0.2, 0) is 0 Å². The Morgan fingerprint density at radius 2 is 1.84 bits per heavy atom. The zero-order valence-corrected chi connectivity index (χ0v) is 13.2. The van der Waals surface area contributed by atoms with E-state index in [2.05, 4.69) is 35.9 Å². The van der Waals surface area contributed by atoms with Crippen molar-refractivity contribution >= 4 is 0 Å². The summed E-state index contributed by atoms with van der Waals surface area (Å²) in [5.41, 5.74) is 0. The van der Waals surface area contributed by atoms with Gasteiger partial charge in [0.2, 0.25) is 0 Å². The first-order chi connectivity index (χ1) is 9.22. The summed E-state index contributed by atoms with van der Waals surface area (Å²) in [5, 5.41) is 3.77. The van der Waals surface area contributed by atoms with E-state index in [1.165, 1.54) is 64.8 Å². The van der Waals surface area contributed by atoms with Gasteiger partial charge in [0.15, 0.2) is 0 Å². The molecule has 112 valence electrons. The van der Waals surface area contributed by atoms with Gasteiger partial charge in [0.1, 0.15) is 0 Å². The lowest BCUT2D eigenvalue weighted by molar-refractivity contribution is 0.0861. The first-order valence-electron chi connectivity index (χ1n) is 8.45. The van der Waals surface area contributed by atoms with Gasteiger partial charge in [0.25, 0.3) is 0 Å². The highest BCUT2D eigenvalue weighted by Crippen LogP contribution is 2.19. The van der Waals surface area contributed by atoms with Crippen LogP contribution in [0.5, 0.6) is 0 Å². The Morgan fingerprint density at radius 1 is 1.05 bits per heavy atom. The van der Waals surface area contributed by atoms with Gasteiger partial charge in [0, 0.05) is 24.7 Å². The van der Waals surface area contributed by atoms with E-state index in [1.54, 1.807) is 0 Å². The molecule has 0 aromatic carbocycles. The average Bonchev–Trinajstić information content (AvgIpc) is 2.43. The lowest BCUT2D eigenvalue weighted by Gasteiger charge is -2.41. The number of hydrogen-bond acceptors (Lipinski definition) is 3. The molecule has 2 rings (SSSR count). The quantitative estimate of drug-likeness (QED) is 0.846. The van der Waals surface area contributed by atoms with Crippen LogP contribution in [0.15, 0.2) is 0 Å². The van der Waals surface area contributed by atoms with E-state index < -0.39 is 0 Å². The molecule has 0 aromatic heterocycles. The van der Waals surface area contributed by atoms with Gasteiger partial charge in [-0.15, -0.1) is 0 Å². The minimum absolute atomic E-state index is 0.679. The number of piperidine rings is 1. The van der Waals surface area contributed by atoms with Crippen LogP contribution < -0.4 is 5.32 Å². The van der Waals surface area contributed by atoms with E-state index in [4.69, 9.17) is 0 Å². The minimum Gasteiger partial charge on any atom is -0.311 e. The minimum atomic E-state index is 0.679. The monoisotopic (exact) mass is 267 g/mol. The summed E-state index contributed by atoms with van der Waals surface area (Å²) in [5.74, 6) is 0. The van der Waals surface area contributed by atoms with Gasteiger partial charge in [-0.05, 0) is 65.2 Å². The SMILES string of the molecule is CCC1CCN(C2CCCN(CC)C2)CCC(C)N1. The van der Waals surface area contributed by atoms with Crippen molar-refractivity contribution in [2.24, 2.45) is 0 Å². The Labute approximate surface area is 119 Å². The highest BCUT2D eigenvalue weighted by molar-refractivity contribution is 4.84. The van der Waals surface area contributed by atoms with Crippen LogP contribution in [0.3, 0.4) is 0 Å². The van der Waals surface area contributed by atoms with Gasteiger partial charge in [-0.2, -0.15) is 0 Å². The second-order valence-corrected chi connectivity index (χ2v) is 6.48. The first kappa shape index (κ1) is 15.3. The van der Waals surface area contributed by atoms with Crippen molar-refractivity contribution in [3.05, 3.63) is 0 Å². The van der Waals surface area contributed by atoms with Crippen LogP contribution in [-0.4, -0.2) is 60.6 Å². The summed E-state index contributed by atoms with van der Waals surface area (Å²) in [6.07, 6.45) is 6.70. The van der Waals surface area contributed by atoms with Crippen molar-refractivity contribution in [3.8, 4) is 0 Å².